The molecule has 2 aromatic rings. The van der Waals surface area contributed by atoms with Crippen molar-refractivity contribution >= 4 is 29.4 Å². The number of urea groups is 1. The molecule has 5 rings (SSSR count). The topological polar surface area (TPSA) is 124 Å². The van der Waals surface area contributed by atoms with Crippen molar-refractivity contribution in [3.05, 3.63) is 41.5 Å². The van der Waals surface area contributed by atoms with Crippen molar-refractivity contribution in [1.29, 1.82) is 0 Å². The number of pyridine rings is 1. The molecule has 0 aromatic carbocycles. The molecule has 0 radical (unpaired) electrons. The average molecular weight is 466 g/mol. The number of nitrogens with one attached hydrogen (secondary N) is 1. The first-order valence-corrected chi connectivity index (χ1v) is 11.3. The summed E-state index contributed by atoms with van der Waals surface area (Å²) in [4.78, 5) is 43.6. The van der Waals surface area contributed by atoms with Gasteiger partial charge in [0.15, 0.2) is 0 Å². The van der Waals surface area contributed by atoms with Crippen LogP contribution in [-0.2, 0) is 11.3 Å². The number of hydrogen-bond donors (Lipinski definition) is 2. The van der Waals surface area contributed by atoms with E-state index in [1.54, 1.807) is 29.2 Å². The number of anilines is 2. The zero-order valence-electron chi connectivity index (χ0n) is 19.1. The SMILES string of the molecule is COc1ncc(C2C=Cc3ncc4c(c3N2)N(C2CCN(C(=O)CO)CC2)C(=O)N(C)C4)cn1. The fourth-order valence-electron chi connectivity index (χ4n) is 4.81. The zero-order valence-corrected chi connectivity index (χ0v) is 19.1. The third kappa shape index (κ3) is 3.81. The van der Waals surface area contributed by atoms with E-state index in [1.165, 1.54) is 7.11 Å². The number of likely N-dealkylation sites (tertiary alicyclic amines) is 1. The van der Waals surface area contributed by atoms with Crippen LogP contribution in [0, 0.1) is 0 Å². The van der Waals surface area contributed by atoms with Crippen LogP contribution >= 0.6 is 0 Å². The minimum absolute atomic E-state index is 0.0706. The van der Waals surface area contributed by atoms with E-state index in [-0.39, 0.29) is 24.0 Å². The minimum Gasteiger partial charge on any atom is -0.467 e. The summed E-state index contributed by atoms with van der Waals surface area (Å²) in [6.45, 7) is 0.970. The van der Waals surface area contributed by atoms with Gasteiger partial charge in [-0.2, -0.15) is 0 Å². The second kappa shape index (κ2) is 8.90. The Hall–Kier alpha value is -3.73. The number of methoxy groups -OCH3 is 1. The molecule has 0 spiro atoms. The van der Waals surface area contributed by atoms with Gasteiger partial charge in [0.05, 0.1) is 36.8 Å². The lowest BCUT2D eigenvalue weighted by atomic mass is 9.97. The van der Waals surface area contributed by atoms with Crippen molar-refractivity contribution in [2.45, 2.75) is 31.5 Å². The summed E-state index contributed by atoms with van der Waals surface area (Å²) in [5.74, 6) is -0.279. The van der Waals surface area contributed by atoms with Crippen molar-refractivity contribution in [3.63, 3.8) is 0 Å². The van der Waals surface area contributed by atoms with E-state index in [1.807, 2.05) is 23.2 Å². The smallest absolute Gasteiger partial charge is 0.324 e. The summed E-state index contributed by atoms with van der Waals surface area (Å²) in [7, 11) is 3.31. The van der Waals surface area contributed by atoms with Gasteiger partial charge in [0.25, 0.3) is 0 Å². The average Bonchev–Trinajstić information content (AvgIpc) is 2.89. The van der Waals surface area contributed by atoms with Crippen LogP contribution in [0.25, 0.3) is 6.08 Å². The van der Waals surface area contributed by atoms with E-state index in [2.05, 4.69) is 20.3 Å². The van der Waals surface area contributed by atoms with Gasteiger partial charge in [0, 0.05) is 55.9 Å². The molecule has 11 heteroatoms. The van der Waals surface area contributed by atoms with E-state index in [0.29, 0.717) is 38.5 Å². The number of carbonyl (C=O) groups excluding carboxylic acids is 2. The summed E-state index contributed by atoms with van der Waals surface area (Å²) >= 11 is 0. The molecule has 3 aliphatic rings. The van der Waals surface area contributed by atoms with E-state index in [0.717, 1.165) is 28.2 Å². The number of hydrogen-bond acceptors (Lipinski definition) is 8. The molecule has 3 aliphatic heterocycles. The first-order valence-electron chi connectivity index (χ1n) is 11.3. The molecule has 1 saturated heterocycles. The highest BCUT2D eigenvalue weighted by atomic mass is 16.5. The minimum atomic E-state index is -0.495. The lowest BCUT2D eigenvalue weighted by Crippen LogP contribution is -2.54. The van der Waals surface area contributed by atoms with Crippen LogP contribution in [0.3, 0.4) is 0 Å². The fraction of sp³-hybridized carbons (Fsp3) is 0.435. The third-order valence-electron chi connectivity index (χ3n) is 6.59. The second-order valence-electron chi connectivity index (χ2n) is 8.66. The van der Waals surface area contributed by atoms with Crippen LogP contribution in [0.4, 0.5) is 16.2 Å². The Morgan fingerprint density at radius 2 is 1.94 bits per heavy atom. The molecule has 0 bridgehead atoms. The van der Waals surface area contributed by atoms with Gasteiger partial charge >= 0.3 is 12.0 Å². The third-order valence-corrected chi connectivity index (χ3v) is 6.59. The van der Waals surface area contributed by atoms with Crippen LogP contribution in [-0.4, -0.2) is 81.7 Å². The number of fused-ring (bicyclic) bond motifs is 3. The molecule has 34 heavy (non-hydrogen) atoms. The number of amides is 3. The summed E-state index contributed by atoms with van der Waals surface area (Å²) in [6.07, 6.45) is 10.5. The van der Waals surface area contributed by atoms with Crippen molar-refractivity contribution in [1.82, 2.24) is 24.8 Å². The normalized spacial score (nSPS) is 20.0. The summed E-state index contributed by atoms with van der Waals surface area (Å²) in [5.41, 5.74) is 4.23. The van der Waals surface area contributed by atoms with Gasteiger partial charge in [-0.25, -0.2) is 14.8 Å². The molecular weight excluding hydrogens is 438 g/mol. The van der Waals surface area contributed by atoms with Crippen molar-refractivity contribution < 1.29 is 19.4 Å². The molecular formula is C23H27N7O4. The first kappa shape index (κ1) is 22.1. The number of nitrogens with zero attached hydrogens (tertiary/aromatic N) is 6. The molecule has 178 valence electrons. The van der Waals surface area contributed by atoms with Crippen molar-refractivity contribution in [3.8, 4) is 6.01 Å². The maximum absolute atomic E-state index is 13.4. The number of aliphatic hydroxyl groups is 1. The van der Waals surface area contributed by atoms with Gasteiger partial charge in [-0.3, -0.25) is 14.7 Å². The van der Waals surface area contributed by atoms with Gasteiger partial charge < -0.3 is 25.0 Å². The maximum atomic E-state index is 13.4. The molecule has 0 aliphatic carbocycles. The summed E-state index contributed by atoms with van der Waals surface area (Å²) in [5, 5.41) is 12.7. The highest BCUT2D eigenvalue weighted by Crippen LogP contribution is 2.43. The van der Waals surface area contributed by atoms with Gasteiger partial charge in [-0.05, 0) is 18.9 Å². The van der Waals surface area contributed by atoms with E-state index in [4.69, 9.17) is 4.74 Å². The predicted molar refractivity (Wildman–Crippen MR) is 124 cm³/mol. The molecule has 1 fully saturated rings. The quantitative estimate of drug-likeness (QED) is 0.695. The standard InChI is InChI=1S/C23H27N7O4/c1-28-12-15-11-24-18-4-3-17(14-9-25-22(34-2)26-10-14)27-20(18)21(15)30(23(28)33)16-5-7-29(8-6-16)19(32)13-31/h3-4,9-11,16-17,27,31H,5-8,12-13H2,1-2H3. The summed E-state index contributed by atoms with van der Waals surface area (Å²) in [6, 6.07) is -0.0339. The van der Waals surface area contributed by atoms with Crippen LogP contribution in [0.5, 0.6) is 6.01 Å². The Balaban J connectivity index is 1.48. The fourth-order valence-corrected chi connectivity index (χ4v) is 4.81. The molecule has 5 heterocycles. The van der Waals surface area contributed by atoms with E-state index < -0.39 is 6.61 Å². The number of carbonyl (C=O) groups is 2. The lowest BCUT2D eigenvalue weighted by Gasteiger charge is -2.44. The lowest BCUT2D eigenvalue weighted by molar-refractivity contribution is -0.135. The number of ether oxygens (including phenoxy) is 1. The molecule has 11 nitrogen and oxygen atoms in total. The highest BCUT2D eigenvalue weighted by Gasteiger charge is 2.39. The monoisotopic (exact) mass is 465 g/mol. The number of aromatic nitrogens is 3. The van der Waals surface area contributed by atoms with Crippen molar-refractivity contribution in [2.24, 2.45) is 0 Å². The highest BCUT2D eigenvalue weighted by molar-refractivity contribution is 6.01. The summed E-state index contributed by atoms with van der Waals surface area (Å²) < 4.78 is 5.06. The molecule has 2 aromatic heterocycles. The van der Waals surface area contributed by atoms with Gasteiger partial charge in [0.2, 0.25) is 5.91 Å². The van der Waals surface area contributed by atoms with Gasteiger partial charge in [0.1, 0.15) is 6.61 Å². The number of piperidine rings is 1. The Bertz CT molecular complexity index is 1130. The van der Waals surface area contributed by atoms with E-state index in [9.17, 15) is 14.7 Å². The molecule has 3 amide bonds. The van der Waals surface area contributed by atoms with Crippen LogP contribution in [0.15, 0.2) is 24.7 Å². The molecule has 1 atom stereocenters. The Labute approximate surface area is 197 Å². The van der Waals surface area contributed by atoms with Gasteiger partial charge in [-0.15, -0.1) is 0 Å². The van der Waals surface area contributed by atoms with Crippen molar-refractivity contribution in [2.75, 3.05) is 44.1 Å². The number of aliphatic hydroxyl groups excluding tert-OH is 1. The van der Waals surface area contributed by atoms with Crippen LogP contribution < -0.4 is 15.0 Å². The zero-order chi connectivity index (χ0) is 23.8. The van der Waals surface area contributed by atoms with Crippen LogP contribution in [0.1, 0.15) is 35.7 Å². The van der Waals surface area contributed by atoms with Gasteiger partial charge in [-0.1, -0.05) is 6.08 Å². The Morgan fingerprint density at radius 3 is 2.62 bits per heavy atom. The molecule has 0 saturated carbocycles. The molecule has 2 N–H and O–H groups in total. The molecule has 1 unspecified atom stereocenters. The maximum Gasteiger partial charge on any atom is 0.324 e. The first-order chi connectivity index (χ1) is 16.5. The Morgan fingerprint density at radius 1 is 1.21 bits per heavy atom. The largest absolute Gasteiger partial charge is 0.467 e. The van der Waals surface area contributed by atoms with Crippen LogP contribution in [0.2, 0.25) is 0 Å². The Kier molecular flexibility index (Phi) is 5.78. The second-order valence-corrected chi connectivity index (χ2v) is 8.66. The number of rotatable bonds is 4. The van der Waals surface area contributed by atoms with E-state index >= 15 is 0 Å². The predicted octanol–water partition coefficient (Wildman–Crippen LogP) is 1.42.